The third kappa shape index (κ3) is 3.37. The lowest BCUT2D eigenvalue weighted by Gasteiger charge is -2.37. The monoisotopic (exact) mass is 449 g/mol. The molecule has 1 spiro atoms. The topological polar surface area (TPSA) is 101 Å². The van der Waals surface area contributed by atoms with Gasteiger partial charge in [0.15, 0.2) is 11.4 Å². The molecule has 0 radical (unpaired) electrons. The second kappa shape index (κ2) is 7.65. The summed E-state index contributed by atoms with van der Waals surface area (Å²) in [5.74, 6) is -2.61. The summed E-state index contributed by atoms with van der Waals surface area (Å²) in [6.07, 6.45) is 1.99. The fourth-order valence-electron chi connectivity index (χ4n) is 4.27. The molecule has 31 heavy (non-hydrogen) atoms. The first kappa shape index (κ1) is 21.3. The first-order chi connectivity index (χ1) is 14.7. The molecule has 1 aliphatic heterocycles. The number of aromatic nitrogens is 1. The standard InChI is InChI=1S/C21H21ClFN3O5/c1-25-20(30)16-18(28)17(27)13(8-26(16)10-21(25)6-12(21)9-31-2)19(29)24-7-11-4-3-5-14(22)15(11)23/h3-5,8,12,28H,6-7,9-10H2,1-2H3,(H,24,29). The summed E-state index contributed by atoms with van der Waals surface area (Å²) in [6.45, 7) is 0.585. The van der Waals surface area contributed by atoms with Gasteiger partial charge in [0, 0.05) is 44.9 Å². The number of nitrogens with one attached hydrogen (secondary N) is 1. The van der Waals surface area contributed by atoms with E-state index >= 15 is 0 Å². The van der Waals surface area contributed by atoms with E-state index in [2.05, 4.69) is 5.32 Å². The molecule has 2 amide bonds. The van der Waals surface area contributed by atoms with Gasteiger partial charge >= 0.3 is 0 Å². The number of fused-ring (bicyclic) bond motifs is 1. The van der Waals surface area contributed by atoms with Crippen LogP contribution in [0, 0.1) is 11.7 Å². The lowest BCUT2D eigenvalue weighted by molar-refractivity contribution is 0.0553. The number of rotatable bonds is 5. The Morgan fingerprint density at radius 3 is 2.87 bits per heavy atom. The van der Waals surface area contributed by atoms with Gasteiger partial charge in [-0.1, -0.05) is 23.7 Å². The number of likely N-dealkylation sites (N-methyl/N-ethyl adjacent to an activating group) is 1. The summed E-state index contributed by atoms with van der Waals surface area (Å²) < 4.78 is 20.7. The molecule has 1 aliphatic carbocycles. The van der Waals surface area contributed by atoms with Crippen LogP contribution in [0.15, 0.2) is 29.2 Å². The number of benzene rings is 1. The number of ether oxygens (including phenoxy) is 1. The number of carbonyl (C=O) groups excluding carboxylic acids is 2. The largest absolute Gasteiger partial charge is 0.503 e. The molecule has 2 atom stereocenters. The lowest BCUT2D eigenvalue weighted by Crippen LogP contribution is -2.50. The highest BCUT2D eigenvalue weighted by atomic mass is 35.5. The number of halogens is 2. The lowest BCUT2D eigenvalue weighted by atomic mass is 10.0. The Kier molecular flexibility index (Phi) is 5.26. The SMILES string of the molecule is COCC1CC12Cn1cc(C(=O)NCc3cccc(Cl)c3F)c(=O)c(O)c1C(=O)N2C. The smallest absolute Gasteiger partial charge is 0.274 e. The first-order valence-electron chi connectivity index (χ1n) is 9.66. The van der Waals surface area contributed by atoms with Gasteiger partial charge in [-0.15, -0.1) is 0 Å². The van der Waals surface area contributed by atoms with E-state index in [-0.39, 0.29) is 34.3 Å². The van der Waals surface area contributed by atoms with Crippen LogP contribution in [0.4, 0.5) is 4.39 Å². The predicted octanol–water partition coefficient (Wildman–Crippen LogP) is 1.77. The Morgan fingerprint density at radius 1 is 1.42 bits per heavy atom. The van der Waals surface area contributed by atoms with E-state index in [1.165, 1.54) is 27.8 Å². The van der Waals surface area contributed by atoms with Crippen LogP contribution in [0.25, 0.3) is 0 Å². The molecule has 164 valence electrons. The molecule has 1 fully saturated rings. The van der Waals surface area contributed by atoms with E-state index in [0.29, 0.717) is 19.6 Å². The zero-order valence-corrected chi connectivity index (χ0v) is 17.7. The number of methoxy groups -OCH3 is 1. The number of hydrogen-bond donors (Lipinski definition) is 2. The van der Waals surface area contributed by atoms with Crippen molar-refractivity contribution < 1.29 is 23.8 Å². The van der Waals surface area contributed by atoms with Crippen molar-refractivity contribution in [2.45, 2.75) is 25.0 Å². The summed E-state index contributed by atoms with van der Waals surface area (Å²) in [7, 11) is 3.21. The third-order valence-corrected chi connectivity index (χ3v) is 6.45. The summed E-state index contributed by atoms with van der Waals surface area (Å²) in [6, 6.07) is 4.38. The number of nitrogens with zero attached hydrogens (tertiary/aromatic N) is 2. The maximum absolute atomic E-state index is 14.1. The molecule has 2 aliphatic rings. The highest BCUT2D eigenvalue weighted by Gasteiger charge is 2.61. The Hall–Kier alpha value is -2.91. The van der Waals surface area contributed by atoms with Gasteiger partial charge in [-0.3, -0.25) is 14.4 Å². The second-order valence-electron chi connectivity index (χ2n) is 7.92. The number of amides is 2. The summed E-state index contributed by atoms with van der Waals surface area (Å²) in [5, 5.41) is 12.8. The molecule has 2 heterocycles. The summed E-state index contributed by atoms with van der Waals surface area (Å²) >= 11 is 5.74. The number of aromatic hydroxyl groups is 1. The average Bonchev–Trinajstić information content (AvgIpc) is 3.42. The van der Waals surface area contributed by atoms with Crippen molar-refractivity contribution in [3.05, 3.63) is 62.3 Å². The maximum Gasteiger partial charge on any atom is 0.274 e. The van der Waals surface area contributed by atoms with Crippen LogP contribution < -0.4 is 10.7 Å². The third-order valence-electron chi connectivity index (χ3n) is 6.16. The zero-order valence-electron chi connectivity index (χ0n) is 16.9. The molecule has 1 aromatic heterocycles. The van der Waals surface area contributed by atoms with Gasteiger partial charge in [-0.25, -0.2) is 4.39 Å². The van der Waals surface area contributed by atoms with Crippen molar-refractivity contribution in [2.24, 2.45) is 5.92 Å². The van der Waals surface area contributed by atoms with E-state index in [9.17, 15) is 23.9 Å². The number of hydrogen-bond acceptors (Lipinski definition) is 5. The molecule has 4 rings (SSSR count). The molecule has 0 saturated heterocycles. The van der Waals surface area contributed by atoms with E-state index in [1.807, 2.05) is 0 Å². The molecule has 2 unspecified atom stereocenters. The van der Waals surface area contributed by atoms with Crippen molar-refractivity contribution in [3.8, 4) is 5.75 Å². The Morgan fingerprint density at radius 2 is 2.16 bits per heavy atom. The normalized spacial score (nSPS) is 21.9. The second-order valence-corrected chi connectivity index (χ2v) is 8.32. The van der Waals surface area contributed by atoms with Gasteiger partial charge in [-0.05, 0) is 12.5 Å². The van der Waals surface area contributed by atoms with Gasteiger partial charge in [-0.2, -0.15) is 0 Å². The number of carbonyl (C=O) groups is 2. The Labute approximate surface area is 182 Å². The molecular formula is C21H21ClFN3O5. The molecule has 2 aromatic rings. The van der Waals surface area contributed by atoms with Gasteiger partial charge in [0.05, 0.1) is 17.2 Å². The van der Waals surface area contributed by atoms with Crippen molar-refractivity contribution in [1.29, 1.82) is 0 Å². The van der Waals surface area contributed by atoms with Gasteiger partial charge in [0.2, 0.25) is 5.43 Å². The van der Waals surface area contributed by atoms with Crippen molar-refractivity contribution in [2.75, 3.05) is 20.8 Å². The molecule has 1 aromatic carbocycles. The van der Waals surface area contributed by atoms with Gasteiger partial charge in [0.25, 0.3) is 11.8 Å². The molecular weight excluding hydrogens is 429 g/mol. The Bertz CT molecular complexity index is 1150. The molecule has 8 nitrogen and oxygen atoms in total. The quantitative estimate of drug-likeness (QED) is 0.724. The van der Waals surface area contributed by atoms with Crippen molar-refractivity contribution in [3.63, 3.8) is 0 Å². The Balaban J connectivity index is 1.64. The van der Waals surface area contributed by atoms with E-state index in [0.717, 1.165) is 0 Å². The van der Waals surface area contributed by atoms with Crippen LogP contribution in [-0.4, -0.2) is 52.7 Å². The van der Waals surface area contributed by atoms with Gasteiger partial charge in [0.1, 0.15) is 11.4 Å². The van der Waals surface area contributed by atoms with Crippen molar-refractivity contribution >= 4 is 23.4 Å². The summed E-state index contributed by atoms with van der Waals surface area (Å²) in [4.78, 5) is 39.7. The zero-order chi connectivity index (χ0) is 22.5. The predicted molar refractivity (Wildman–Crippen MR) is 110 cm³/mol. The first-order valence-corrected chi connectivity index (χ1v) is 10.0. The average molecular weight is 450 g/mol. The van der Waals surface area contributed by atoms with E-state index in [1.54, 1.807) is 20.2 Å². The molecule has 10 heteroatoms. The maximum atomic E-state index is 14.1. The van der Waals surface area contributed by atoms with Crippen LogP contribution in [-0.2, 0) is 17.8 Å². The molecule has 2 N–H and O–H groups in total. The van der Waals surface area contributed by atoms with E-state index in [4.69, 9.17) is 16.3 Å². The van der Waals surface area contributed by atoms with Gasteiger partial charge < -0.3 is 24.6 Å². The van der Waals surface area contributed by atoms with Crippen LogP contribution in [0.3, 0.4) is 0 Å². The minimum Gasteiger partial charge on any atom is -0.503 e. The van der Waals surface area contributed by atoms with Crippen molar-refractivity contribution in [1.82, 2.24) is 14.8 Å². The van der Waals surface area contributed by atoms with E-state index < -0.39 is 34.3 Å². The highest BCUT2D eigenvalue weighted by Crippen LogP contribution is 2.52. The van der Waals surface area contributed by atoms with Crippen LogP contribution in [0.2, 0.25) is 5.02 Å². The fraction of sp³-hybridized carbons (Fsp3) is 0.381. The highest BCUT2D eigenvalue weighted by molar-refractivity contribution is 6.30. The molecule has 0 bridgehead atoms. The fourth-order valence-corrected chi connectivity index (χ4v) is 4.46. The van der Waals surface area contributed by atoms with Crippen LogP contribution in [0.1, 0.15) is 32.8 Å². The van der Waals surface area contributed by atoms with Crippen LogP contribution in [0.5, 0.6) is 5.75 Å². The molecule has 1 saturated carbocycles. The number of pyridine rings is 1. The van der Waals surface area contributed by atoms with Crippen LogP contribution >= 0.6 is 11.6 Å². The minimum absolute atomic E-state index is 0.0822. The summed E-state index contributed by atoms with van der Waals surface area (Å²) in [5.41, 5.74) is -1.78. The minimum atomic E-state index is -0.961.